The monoisotopic (exact) mass is 268 g/mol. The minimum absolute atomic E-state index is 0.253. The molecular weight excluding hydrogens is 252 g/mol. The van der Waals surface area contributed by atoms with Gasteiger partial charge in [-0.1, -0.05) is 24.3 Å². The van der Waals surface area contributed by atoms with Gasteiger partial charge in [0.25, 0.3) is 0 Å². The molecule has 0 aliphatic heterocycles. The van der Waals surface area contributed by atoms with E-state index < -0.39 is 0 Å². The molecular formula is C16H16N2O2. The Balaban J connectivity index is 1.80. The standard InChI is InChI=1S/C16H16N2O2/c19-15-5-1-3-13(11-15)7-9-17-18-10-8-14-4-2-6-16(20)12-14/h1-6,9-12,19-20H,7-8H2/b17-9+,18-10+. The summed E-state index contributed by atoms with van der Waals surface area (Å²) in [7, 11) is 0. The van der Waals surface area contributed by atoms with Gasteiger partial charge in [0.05, 0.1) is 0 Å². The Morgan fingerprint density at radius 3 is 1.60 bits per heavy atom. The summed E-state index contributed by atoms with van der Waals surface area (Å²) in [6.45, 7) is 0. The normalized spacial score (nSPS) is 11.4. The first-order valence-corrected chi connectivity index (χ1v) is 6.33. The van der Waals surface area contributed by atoms with Crippen molar-refractivity contribution in [3.05, 3.63) is 59.7 Å². The lowest BCUT2D eigenvalue weighted by Gasteiger charge is -1.96. The second-order valence-corrected chi connectivity index (χ2v) is 4.34. The van der Waals surface area contributed by atoms with Crippen molar-refractivity contribution in [3.63, 3.8) is 0 Å². The summed E-state index contributed by atoms with van der Waals surface area (Å²) >= 11 is 0. The van der Waals surface area contributed by atoms with E-state index in [4.69, 9.17) is 0 Å². The number of phenolic OH excluding ortho intramolecular Hbond substituents is 2. The molecule has 0 unspecified atom stereocenters. The first kappa shape index (κ1) is 13.8. The molecule has 0 atom stereocenters. The SMILES string of the molecule is Oc1cccc(C/C=N/N=C/Cc2cccc(O)c2)c1. The maximum absolute atomic E-state index is 9.31. The summed E-state index contributed by atoms with van der Waals surface area (Å²) in [6.07, 6.45) is 4.62. The molecule has 0 fully saturated rings. The summed E-state index contributed by atoms with van der Waals surface area (Å²) in [5.41, 5.74) is 1.97. The van der Waals surface area contributed by atoms with E-state index in [1.807, 2.05) is 12.1 Å². The Morgan fingerprint density at radius 2 is 1.20 bits per heavy atom. The van der Waals surface area contributed by atoms with Gasteiger partial charge in [0, 0.05) is 25.3 Å². The minimum atomic E-state index is 0.253. The van der Waals surface area contributed by atoms with Crippen molar-refractivity contribution in [2.75, 3.05) is 0 Å². The van der Waals surface area contributed by atoms with Gasteiger partial charge < -0.3 is 10.2 Å². The molecule has 0 aliphatic rings. The Hall–Kier alpha value is -2.62. The van der Waals surface area contributed by atoms with E-state index in [2.05, 4.69) is 10.2 Å². The molecule has 4 heteroatoms. The average Bonchev–Trinajstić information content (AvgIpc) is 2.43. The van der Waals surface area contributed by atoms with E-state index in [9.17, 15) is 10.2 Å². The second-order valence-electron chi connectivity index (χ2n) is 4.34. The van der Waals surface area contributed by atoms with Crippen molar-refractivity contribution in [2.45, 2.75) is 12.8 Å². The molecule has 102 valence electrons. The zero-order chi connectivity index (χ0) is 14.2. The number of phenols is 2. The molecule has 0 bridgehead atoms. The fraction of sp³-hybridized carbons (Fsp3) is 0.125. The van der Waals surface area contributed by atoms with Gasteiger partial charge >= 0.3 is 0 Å². The molecule has 0 saturated heterocycles. The molecule has 2 rings (SSSR count). The lowest BCUT2D eigenvalue weighted by Crippen LogP contribution is -1.86. The number of benzene rings is 2. The molecule has 2 N–H and O–H groups in total. The van der Waals surface area contributed by atoms with Gasteiger partial charge in [-0.05, 0) is 35.4 Å². The summed E-state index contributed by atoms with van der Waals surface area (Å²) < 4.78 is 0. The van der Waals surface area contributed by atoms with Crippen LogP contribution in [0.4, 0.5) is 0 Å². The van der Waals surface area contributed by atoms with Crippen LogP contribution in [-0.2, 0) is 12.8 Å². The van der Waals surface area contributed by atoms with Gasteiger partial charge in [-0.2, -0.15) is 10.2 Å². The van der Waals surface area contributed by atoms with Gasteiger partial charge in [-0.3, -0.25) is 0 Å². The van der Waals surface area contributed by atoms with E-state index >= 15 is 0 Å². The zero-order valence-corrected chi connectivity index (χ0v) is 11.0. The summed E-state index contributed by atoms with van der Waals surface area (Å²) in [6, 6.07) is 14.1. The lowest BCUT2D eigenvalue weighted by atomic mass is 10.1. The van der Waals surface area contributed by atoms with Gasteiger partial charge in [0.1, 0.15) is 11.5 Å². The molecule has 0 amide bonds. The van der Waals surface area contributed by atoms with Crippen LogP contribution in [0, 0.1) is 0 Å². The number of rotatable bonds is 5. The first-order valence-electron chi connectivity index (χ1n) is 6.33. The highest BCUT2D eigenvalue weighted by Gasteiger charge is 1.92. The number of hydrogen-bond acceptors (Lipinski definition) is 4. The highest BCUT2D eigenvalue weighted by atomic mass is 16.3. The Bertz CT molecular complexity index is 566. The van der Waals surface area contributed by atoms with Crippen molar-refractivity contribution in [1.82, 2.24) is 0 Å². The molecule has 0 radical (unpaired) electrons. The van der Waals surface area contributed by atoms with Gasteiger partial charge in [-0.25, -0.2) is 0 Å². The van der Waals surface area contributed by atoms with Crippen molar-refractivity contribution in [1.29, 1.82) is 0 Å². The second kappa shape index (κ2) is 7.09. The Labute approximate surface area is 117 Å². The summed E-state index contributed by atoms with van der Waals surface area (Å²) in [5, 5.41) is 26.5. The smallest absolute Gasteiger partial charge is 0.115 e. The average molecular weight is 268 g/mol. The van der Waals surface area contributed by atoms with Crippen LogP contribution in [0.2, 0.25) is 0 Å². The third-order valence-electron chi connectivity index (χ3n) is 2.71. The number of hydrogen-bond donors (Lipinski definition) is 2. The summed E-state index contributed by atoms with van der Waals surface area (Å²) in [5.74, 6) is 0.506. The van der Waals surface area contributed by atoms with Gasteiger partial charge in [-0.15, -0.1) is 0 Å². The highest BCUT2D eigenvalue weighted by Crippen LogP contribution is 2.11. The fourth-order valence-corrected chi connectivity index (χ4v) is 1.75. The maximum atomic E-state index is 9.31. The van der Waals surface area contributed by atoms with E-state index in [-0.39, 0.29) is 11.5 Å². The van der Waals surface area contributed by atoms with Crippen LogP contribution in [0.5, 0.6) is 11.5 Å². The van der Waals surface area contributed by atoms with Crippen molar-refractivity contribution < 1.29 is 10.2 Å². The van der Waals surface area contributed by atoms with Crippen molar-refractivity contribution in [3.8, 4) is 11.5 Å². The van der Waals surface area contributed by atoms with Crippen molar-refractivity contribution in [2.24, 2.45) is 10.2 Å². The van der Waals surface area contributed by atoms with Crippen LogP contribution in [0.25, 0.3) is 0 Å². The van der Waals surface area contributed by atoms with E-state index in [1.54, 1.807) is 48.8 Å². The van der Waals surface area contributed by atoms with Gasteiger partial charge in [0.15, 0.2) is 0 Å². The molecule has 0 aromatic heterocycles. The molecule has 0 saturated carbocycles. The quantitative estimate of drug-likeness (QED) is 0.646. The van der Waals surface area contributed by atoms with E-state index in [1.165, 1.54) is 0 Å². The minimum Gasteiger partial charge on any atom is -0.508 e. The molecule has 2 aromatic carbocycles. The van der Waals surface area contributed by atoms with Crippen LogP contribution in [0.1, 0.15) is 11.1 Å². The number of aromatic hydroxyl groups is 2. The third-order valence-corrected chi connectivity index (χ3v) is 2.71. The maximum Gasteiger partial charge on any atom is 0.115 e. The Kier molecular flexibility index (Phi) is 4.89. The van der Waals surface area contributed by atoms with Crippen LogP contribution < -0.4 is 0 Å². The molecule has 4 nitrogen and oxygen atoms in total. The van der Waals surface area contributed by atoms with Crippen LogP contribution >= 0.6 is 0 Å². The summed E-state index contributed by atoms with van der Waals surface area (Å²) in [4.78, 5) is 0. The number of nitrogens with zero attached hydrogens (tertiary/aromatic N) is 2. The van der Waals surface area contributed by atoms with Crippen LogP contribution in [0.3, 0.4) is 0 Å². The predicted octanol–water partition coefficient (Wildman–Crippen LogP) is 2.94. The predicted molar refractivity (Wildman–Crippen MR) is 80.6 cm³/mol. The van der Waals surface area contributed by atoms with Gasteiger partial charge in [0.2, 0.25) is 0 Å². The Morgan fingerprint density at radius 1 is 0.750 bits per heavy atom. The molecule has 0 spiro atoms. The van der Waals surface area contributed by atoms with Crippen molar-refractivity contribution >= 4 is 12.4 Å². The topological polar surface area (TPSA) is 65.2 Å². The highest BCUT2D eigenvalue weighted by molar-refractivity contribution is 5.65. The van der Waals surface area contributed by atoms with E-state index in [0.29, 0.717) is 12.8 Å². The third kappa shape index (κ3) is 4.57. The van der Waals surface area contributed by atoms with Crippen LogP contribution in [0.15, 0.2) is 58.7 Å². The molecule has 0 aliphatic carbocycles. The molecule has 20 heavy (non-hydrogen) atoms. The van der Waals surface area contributed by atoms with E-state index in [0.717, 1.165) is 11.1 Å². The van der Waals surface area contributed by atoms with Crippen LogP contribution in [-0.4, -0.2) is 22.6 Å². The molecule has 0 heterocycles. The fourth-order valence-electron chi connectivity index (χ4n) is 1.75. The lowest BCUT2D eigenvalue weighted by molar-refractivity contribution is 0.474. The molecule has 2 aromatic rings. The first-order chi connectivity index (χ1) is 9.74. The zero-order valence-electron chi connectivity index (χ0n) is 11.0. The largest absolute Gasteiger partial charge is 0.508 e.